The van der Waals surface area contributed by atoms with Crippen LogP contribution in [0, 0.1) is 6.92 Å². The van der Waals surface area contributed by atoms with E-state index in [1.807, 2.05) is 0 Å². The molecule has 0 amide bonds. The first-order valence-electron chi connectivity index (χ1n) is 3.13. The van der Waals surface area contributed by atoms with Crippen LogP contribution in [0.5, 0.6) is 0 Å². The zero-order chi connectivity index (χ0) is 7.70. The summed E-state index contributed by atoms with van der Waals surface area (Å²) in [5.41, 5.74) is 0. The van der Waals surface area contributed by atoms with Gasteiger partial charge in [-0.15, -0.1) is 0 Å². The van der Waals surface area contributed by atoms with Gasteiger partial charge in [-0.05, 0) is 0 Å². The summed E-state index contributed by atoms with van der Waals surface area (Å²) in [6, 6.07) is 0. The molecular weight excluding hydrogens is 189 g/mol. The van der Waals surface area contributed by atoms with E-state index in [0.717, 1.165) is 13.3 Å². The number of carboxylic acids is 1. The molecule has 4 N–H and O–H groups in total. The van der Waals surface area contributed by atoms with Crippen molar-refractivity contribution in [3.63, 3.8) is 0 Å². The van der Waals surface area contributed by atoms with Crippen LogP contribution >= 0.6 is 0 Å². The van der Waals surface area contributed by atoms with Crippen molar-refractivity contribution in [3.05, 3.63) is 6.92 Å². The van der Waals surface area contributed by atoms with E-state index in [-0.39, 0.29) is 22.9 Å². The molecule has 0 aliphatic carbocycles. The molecule has 0 saturated carbocycles. The van der Waals surface area contributed by atoms with Crippen molar-refractivity contribution in [2.24, 2.45) is 0 Å². The van der Waals surface area contributed by atoms with E-state index in [1.165, 1.54) is 12.8 Å². The summed E-state index contributed by atoms with van der Waals surface area (Å²) in [5.74, 6) is -0.833. The fraction of sp³-hybridized carbons (Fsp3) is 0.714. The van der Waals surface area contributed by atoms with Crippen LogP contribution in [-0.2, 0) is 21.6 Å². The van der Waals surface area contributed by atoms with Crippen molar-refractivity contribution in [2.45, 2.75) is 33.1 Å². The Hall–Kier alpha value is -0.0635. The van der Waals surface area contributed by atoms with Crippen LogP contribution in [0.15, 0.2) is 0 Å². The molecule has 11 heavy (non-hydrogen) atoms. The summed E-state index contributed by atoms with van der Waals surface area (Å²) in [4.78, 5) is 9.00. The first kappa shape index (κ1) is 22.4. The molecule has 0 bridgehead atoms. The number of carboxylic acid groups (broad SMARTS) is 1. The minimum Gasteiger partial charge on any atom is -0.481 e. The van der Waals surface area contributed by atoms with Crippen molar-refractivity contribution in [3.8, 4) is 0 Å². The zero-order valence-corrected chi connectivity index (χ0v) is 8.27. The maximum Gasteiger partial charge on any atom is 0.300 e. The van der Waals surface area contributed by atoms with Crippen LogP contribution < -0.4 is 6.15 Å². The van der Waals surface area contributed by atoms with E-state index >= 15 is 0 Å². The summed E-state index contributed by atoms with van der Waals surface area (Å²) in [7, 11) is 0. The van der Waals surface area contributed by atoms with Crippen LogP contribution in [0.3, 0.4) is 0 Å². The van der Waals surface area contributed by atoms with E-state index in [0.29, 0.717) is 0 Å². The van der Waals surface area contributed by atoms with Crippen molar-refractivity contribution >= 4 is 5.97 Å². The molecule has 4 heteroatoms. The average molecular weight is 207 g/mol. The molecule has 0 aliphatic heterocycles. The predicted molar refractivity (Wildman–Crippen MR) is 43.2 cm³/mol. The molecule has 0 aromatic rings. The molecule has 0 saturated heterocycles. The second kappa shape index (κ2) is 22.5. The average Bonchev–Trinajstić information content (AvgIpc) is 1.66. The Morgan fingerprint density at radius 3 is 1.82 bits per heavy atom. The monoisotopic (exact) mass is 207 g/mol. The second-order valence-corrected chi connectivity index (χ2v) is 1.73. The molecule has 0 aromatic heterocycles. The van der Waals surface area contributed by atoms with Crippen LogP contribution in [0.2, 0.25) is 0 Å². The Balaban J connectivity index is -0.0000000383. The van der Waals surface area contributed by atoms with Gasteiger partial charge in [0, 0.05) is 23.7 Å². The number of aliphatic carboxylic acids is 1. The van der Waals surface area contributed by atoms with Gasteiger partial charge in [0.05, 0.1) is 0 Å². The van der Waals surface area contributed by atoms with Crippen molar-refractivity contribution < 1.29 is 26.7 Å². The smallest absolute Gasteiger partial charge is 0.300 e. The summed E-state index contributed by atoms with van der Waals surface area (Å²) in [5, 5.41) is 7.42. The Labute approximate surface area is 79.3 Å². The Morgan fingerprint density at radius 1 is 1.55 bits per heavy atom. The predicted octanol–water partition coefficient (Wildman–Crippen LogP) is 2.26. The van der Waals surface area contributed by atoms with Gasteiger partial charge >= 0.3 is 0 Å². The van der Waals surface area contributed by atoms with Gasteiger partial charge in [0.1, 0.15) is 0 Å². The number of carbonyl (C=O) groups is 1. The molecule has 73 valence electrons. The van der Waals surface area contributed by atoms with E-state index in [1.54, 1.807) is 0 Å². The molecule has 0 spiro atoms. The minimum atomic E-state index is -0.833. The van der Waals surface area contributed by atoms with Crippen molar-refractivity contribution in [2.75, 3.05) is 0 Å². The molecule has 0 aromatic carbocycles. The maximum atomic E-state index is 9.00. The van der Waals surface area contributed by atoms with Gasteiger partial charge in [0.15, 0.2) is 0 Å². The number of hydrogen-bond acceptors (Lipinski definition) is 2. The van der Waals surface area contributed by atoms with E-state index in [9.17, 15) is 0 Å². The summed E-state index contributed by atoms with van der Waals surface area (Å²) in [6.07, 6.45) is 3.65. The third-order valence-electron chi connectivity index (χ3n) is 0.604. The third kappa shape index (κ3) is 167. The molecule has 0 fully saturated rings. The molecule has 0 unspecified atom stereocenters. The van der Waals surface area contributed by atoms with Gasteiger partial charge in [-0.25, -0.2) is 0 Å². The molecule has 1 radical (unpaired) electrons. The molecule has 0 rings (SSSR count). The fourth-order valence-electron chi connectivity index (χ4n) is 0.250. The molecule has 3 nitrogen and oxygen atoms in total. The Kier molecular flexibility index (Phi) is 45.9. The summed E-state index contributed by atoms with van der Waals surface area (Å²) < 4.78 is 0. The van der Waals surface area contributed by atoms with Gasteiger partial charge in [-0.2, -0.15) is 6.42 Å². The normalized spacial score (nSPS) is 6.09. The summed E-state index contributed by atoms with van der Waals surface area (Å²) >= 11 is 0. The van der Waals surface area contributed by atoms with Crippen LogP contribution in [0.25, 0.3) is 0 Å². The van der Waals surface area contributed by atoms with Crippen LogP contribution in [0.4, 0.5) is 0 Å². The first-order chi connectivity index (χ1) is 4.15. The Morgan fingerprint density at radius 2 is 1.82 bits per heavy atom. The van der Waals surface area contributed by atoms with Crippen molar-refractivity contribution in [1.29, 1.82) is 0 Å². The Bertz CT molecular complexity index is 63.5. The SMILES string of the molecule is CC(=O)O.N.[CH2-]CCCC.[Co]. The van der Waals surface area contributed by atoms with Gasteiger partial charge < -0.3 is 18.2 Å². The second-order valence-electron chi connectivity index (χ2n) is 1.73. The number of rotatable bonds is 2. The van der Waals surface area contributed by atoms with Gasteiger partial charge in [-0.3, -0.25) is 4.79 Å². The number of hydrogen-bond donors (Lipinski definition) is 2. The first-order valence-corrected chi connectivity index (χ1v) is 3.13. The van der Waals surface area contributed by atoms with Crippen LogP contribution in [0.1, 0.15) is 33.1 Å². The van der Waals surface area contributed by atoms with E-state index in [2.05, 4.69) is 13.8 Å². The van der Waals surface area contributed by atoms with Crippen molar-refractivity contribution in [1.82, 2.24) is 6.15 Å². The van der Waals surface area contributed by atoms with E-state index in [4.69, 9.17) is 9.90 Å². The van der Waals surface area contributed by atoms with Gasteiger partial charge in [0.2, 0.25) is 0 Å². The summed E-state index contributed by atoms with van der Waals surface area (Å²) in [6.45, 7) is 6.93. The number of unbranched alkanes of at least 4 members (excludes halogenated alkanes) is 2. The quantitative estimate of drug-likeness (QED) is 0.682. The molecular formula is C7H18CoNO2-. The fourth-order valence-corrected chi connectivity index (χ4v) is 0.250. The largest absolute Gasteiger partial charge is 0.481 e. The standard InChI is InChI=1S/C5H11.C2H4O2.Co.H3N/c1-3-5-4-2;1-2(3)4;;/h1,3-5H2,2H3;1H3,(H,3,4);;1H3/q-1;;;. The molecule has 0 aliphatic rings. The third-order valence-corrected chi connectivity index (χ3v) is 0.604. The molecule has 0 atom stereocenters. The molecule has 0 heterocycles. The van der Waals surface area contributed by atoms with Gasteiger partial charge in [-0.1, -0.05) is 19.8 Å². The van der Waals surface area contributed by atoms with E-state index < -0.39 is 5.97 Å². The minimum absolute atomic E-state index is 0. The maximum absolute atomic E-state index is 9.00. The zero-order valence-electron chi connectivity index (χ0n) is 7.22. The van der Waals surface area contributed by atoms with Gasteiger partial charge in [0.25, 0.3) is 5.97 Å². The van der Waals surface area contributed by atoms with Crippen LogP contribution in [-0.4, -0.2) is 11.1 Å². The topological polar surface area (TPSA) is 72.3 Å².